The van der Waals surface area contributed by atoms with E-state index in [1.807, 2.05) is 18.2 Å². The number of carbonyl (C=O) groups excluding carboxylic acids is 1. The van der Waals surface area contributed by atoms with Crippen LogP contribution in [0, 0.1) is 17.2 Å². The number of carbonyl (C=O) groups is 1. The Morgan fingerprint density at radius 1 is 1.18 bits per heavy atom. The van der Waals surface area contributed by atoms with Crippen LogP contribution in [-0.4, -0.2) is 42.5 Å². The van der Waals surface area contributed by atoms with Crippen molar-refractivity contribution >= 4 is 6.03 Å². The monoisotopic (exact) mass is 376 g/mol. The third kappa shape index (κ3) is 5.83. The molecule has 1 atom stereocenters. The van der Waals surface area contributed by atoms with Gasteiger partial charge in [0, 0.05) is 33.2 Å². The van der Waals surface area contributed by atoms with E-state index in [9.17, 15) is 4.79 Å². The van der Waals surface area contributed by atoms with E-state index in [2.05, 4.69) is 40.6 Å². The highest BCUT2D eigenvalue weighted by Gasteiger charge is 2.21. The van der Waals surface area contributed by atoms with Crippen LogP contribution >= 0.6 is 0 Å². The lowest BCUT2D eigenvalue weighted by Gasteiger charge is -2.33. The second-order valence-electron chi connectivity index (χ2n) is 7.58. The van der Waals surface area contributed by atoms with Gasteiger partial charge in [-0.25, -0.2) is 4.79 Å². The third-order valence-electron chi connectivity index (χ3n) is 5.24. The number of piperidine rings is 1. The van der Waals surface area contributed by atoms with Crippen molar-refractivity contribution in [3.05, 3.63) is 71.3 Å². The first kappa shape index (κ1) is 19.9. The van der Waals surface area contributed by atoms with Gasteiger partial charge < -0.3 is 10.2 Å². The van der Waals surface area contributed by atoms with Crippen molar-refractivity contribution in [1.82, 2.24) is 15.1 Å². The lowest BCUT2D eigenvalue weighted by Crippen LogP contribution is -2.43. The van der Waals surface area contributed by atoms with Crippen LogP contribution in [0.25, 0.3) is 0 Å². The van der Waals surface area contributed by atoms with Crippen molar-refractivity contribution in [2.24, 2.45) is 5.92 Å². The smallest absolute Gasteiger partial charge is 0.317 e. The molecule has 1 saturated heterocycles. The summed E-state index contributed by atoms with van der Waals surface area (Å²) in [6, 6.07) is 20.0. The molecular weight excluding hydrogens is 348 g/mol. The topological polar surface area (TPSA) is 59.4 Å². The van der Waals surface area contributed by atoms with Gasteiger partial charge in [-0.15, -0.1) is 0 Å². The number of nitrogens with zero attached hydrogens (tertiary/aromatic N) is 3. The Kier molecular flexibility index (Phi) is 7.05. The summed E-state index contributed by atoms with van der Waals surface area (Å²) in [5, 5.41) is 12.0. The van der Waals surface area contributed by atoms with Crippen molar-refractivity contribution in [2.45, 2.75) is 25.9 Å². The van der Waals surface area contributed by atoms with Gasteiger partial charge in [0.2, 0.25) is 0 Å². The Morgan fingerprint density at radius 3 is 2.64 bits per heavy atom. The molecule has 1 aliphatic rings. The van der Waals surface area contributed by atoms with Gasteiger partial charge in [-0.05, 0) is 48.6 Å². The first-order valence-electron chi connectivity index (χ1n) is 9.88. The van der Waals surface area contributed by atoms with Crippen molar-refractivity contribution in [3.63, 3.8) is 0 Å². The maximum absolute atomic E-state index is 12.4. The number of hydrogen-bond donors (Lipinski definition) is 1. The lowest BCUT2D eigenvalue weighted by molar-refractivity contribution is 0.161. The highest BCUT2D eigenvalue weighted by molar-refractivity contribution is 5.73. The Morgan fingerprint density at radius 2 is 1.93 bits per heavy atom. The molecule has 2 aromatic carbocycles. The molecule has 0 spiro atoms. The molecule has 0 bridgehead atoms. The van der Waals surface area contributed by atoms with Crippen LogP contribution in [-0.2, 0) is 13.1 Å². The highest BCUT2D eigenvalue weighted by atomic mass is 16.2. The molecule has 5 heteroatoms. The first-order valence-corrected chi connectivity index (χ1v) is 9.88. The number of amides is 2. The SMILES string of the molecule is CN(Cc1ccc(C#N)cc1)C(=O)NCC1CCCN(Cc2ccccc2)C1. The highest BCUT2D eigenvalue weighted by Crippen LogP contribution is 2.18. The molecule has 2 amide bonds. The van der Waals surface area contributed by atoms with Gasteiger partial charge in [-0.1, -0.05) is 42.5 Å². The predicted octanol–water partition coefficient (Wildman–Crippen LogP) is 3.61. The zero-order valence-electron chi connectivity index (χ0n) is 16.5. The molecule has 3 rings (SSSR count). The summed E-state index contributed by atoms with van der Waals surface area (Å²) >= 11 is 0. The fourth-order valence-corrected chi connectivity index (χ4v) is 3.70. The van der Waals surface area contributed by atoms with Crippen molar-refractivity contribution in [3.8, 4) is 6.07 Å². The van der Waals surface area contributed by atoms with E-state index < -0.39 is 0 Å². The van der Waals surface area contributed by atoms with Crippen molar-refractivity contribution in [1.29, 1.82) is 5.26 Å². The summed E-state index contributed by atoms with van der Waals surface area (Å²) in [7, 11) is 1.80. The molecule has 1 aliphatic heterocycles. The summed E-state index contributed by atoms with van der Waals surface area (Å²) in [6.45, 7) is 4.36. The normalized spacial score (nSPS) is 16.9. The van der Waals surface area contributed by atoms with E-state index in [0.29, 0.717) is 24.6 Å². The molecule has 0 aromatic heterocycles. The van der Waals surface area contributed by atoms with E-state index in [1.165, 1.54) is 12.0 Å². The van der Waals surface area contributed by atoms with Crippen LogP contribution in [0.5, 0.6) is 0 Å². The minimum atomic E-state index is -0.0513. The second-order valence-corrected chi connectivity index (χ2v) is 7.58. The average molecular weight is 377 g/mol. The van der Waals surface area contributed by atoms with Crippen LogP contribution in [0.4, 0.5) is 4.79 Å². The number of nitrogens with one attached hydrogen (secondary N) is 1. The van der Waals surface area contributed by atoms with Crippen molar-refractivity contribution in [2.75, 3.05) is 26.7 Å². The van der Waals surface area contributed by atoms with E-state index in [1.54, 1.807) is 24.1 Å². The number of hydrogen-bond acceptors (Lipinski definition) is 3. The number of benzene rings is 2. The van der Waals surface area contributed by atoms with Gasteiger partial charge in [0.1, 0.15) is 0 Å². The fraction of sp³-hybridized carbons (Fsp3) is 0.391. The van der Waals surface area contributed by atoms with Crippen LogP contribution in [0.1, 0.15) is 29.5 Å². The lowest BCUT2D eigenvalue weighted by atomic mass is 9.97. The average Bonchev–Trinajstić information content (AvgIpc) is 2.73. The van der Waals surface area contributed by atoms with Crippen molar-refractivity contribution < 1.29 is 4.79 Å². The van der Waals surface area contributed by atoms with Gasteiger partial charge in [0.15, 0.2) is 0 Å². The summed E-state index contributed by atoms with van der Waals surface area (Å²) in [4.78, 5) is 16.6. The molecule has 0 saturated carbocycles. The third-order valence-corrected chi connectivity index (χ3v) is 5.24. The largest absolute Gasteiger partial charge is 0.338 e. The molecule has 0 aliphatic carbocycles. The predicted molar refractivity (Wildman–Crippen MR) is 110 cm³/mol. The van der Waals surface area contributed by atoms with E-state index in [4.69, 9.17) is 5.26 Å². The zero-order chi connectivity index (χ0) is 19.8. The maximum Gasteiger partial charge on any atom is 0.317 e. The standard InChI is InChI=1S/C23H28N4O/c1-26(16-21-11-9-19(14-24)10-12-21)23(28)25-15-22-8-5-13-27(18-22)17-20-6-3-2-4-7-20/h2-4,6-7,9-12,22H,5,8,13,15-18H2,1H3,(H,25,28). The Hall–Kier alpha value is -2.84. The number of likely N-dealkylation sites (tertiary alicyclic amines) is 1. The molecule has 5 nitrogen and oxygen atoms in total. The summed E-state index contributed by atoms with van der Waals surface area (Å²) < 4.78 is 0. The summed E-state index contributed by atoms with van der Waals surface area (Å²) in [6.07, 6.45) is 2.33. The van der Waals surface area contributed by atoms with Gasteiger partial charge >= 0.3 is 6.03 Å². The molecule has 2 aromatic rings. The van der Waals surface area contributed by atoms with Gasteiger partial charge in [-0.2, -0.15) is 5.26 Å². The quantitative estimate of drug-likeness (QED) is 0.838. The molecule has 1 N–H and O–H groups in total. The van der Waals surface area contributed by atoms with Crippen LogP contribution in [0.3, 0.4) is 0 Å². The first-order chi connectivity index (χ1) is 13.6. The Bertz CT molecular complexity index is 798. The van der Waals surface area contributed by atoms with E-state index in [0.717, 1.165) is 31.6 Å². The fourth-order valence-electron chi connectivity index (χ4n) is 3.70. The second kappa shape index (κ2) is 9.91. The van der Waals surface area contributed by atoms with Crippen LogP contribution in [0.15, 0.2) is 54.6 Å². The molecule has 1 heterocycles. The molecule has 1 fully saturated rings. The van der Waals surface area contributed by atoms with Gasteiger partial charge in [0.25, 0.3) is 0 Å². The van der Waals surface area contributed by atoms with Crippen LogP contribution < -0.4 is 5.32 Å². The molecule has 0 radical (unpaired) electrons. The summed E-state index contributed by atoms with van der Waals surface area (Å²) in [5.74, 6) is 0.490. The Labute approximate surface area is 167 Å². The van der Waals surface area contributed by atoms with Gasteiger partial charge in [-0.3, -0.25) is 4.90 Å². The number of urea groups is 1. The minimum absolute atomic E-state index is 0.0513. The van der Waals surface area contributed by atoms with E-state index in [-0.39, 0.29) is 6.03 Å². The summed E-state index contributed by atoms with van der Waals surface area (Å²) in [5.41, 5.74) is 2.99. The molecule has 1 unspecified atom stereocenters. The minimum Gasteiger partial charge on any atom is -0.338 e. The number of nitriles is 1. The number of rotatable bonds is 6. The molecule has 146 valence electrons. The molecule has 28 heavy (non-hydrogen) atoms. The zero-order valence-corrected chi connectivity index (χ0v) is 16.5. The Balaban J connectivity index is 1.43. The molecular formula is C23H28N4O. The van der Waals surface area contributed by atoms with Gasteiger partial charge in [0.05, 0.1) is 11.6 Å². The maximum atomic E-state index is 12.4. The van der Waals surface area contributed by atoms with Crippen LogP contribution in [0.2, 0.25) is 0 Å². The van der Waals surface area contributed by atoms with E-state index >= 15 is 0 Å².